The third-order valence-corrected chi connectivity index (χ3v) is 5.01. The van der Waals surface area contributed by atoms with Crippen LogP contribution in [-0.2, 0) is 19.3 Å². The number of benzene rings is 1. The van der Waals surface area contributed by atoms with E-state index in [9.17, 15) is 5.11 Å². The molecular formula is C22H38O. The van der Waals surface area contributed by atoms with E-state index >= 15 is 0 Å². The molecule has 0 aliphatic carbocycles. The van der Waals surface area contributed by atoms with E-state index in [4.69, 9.17) is 0 Å². The lowest BCUT2D eigenvalue weighted by molar-refractivity contribution is 0.468. The Morgan fingerprint density at radius 1 is 0.696 bits per heavy atom. The van der Waals surface area contributed by atoms with Crippen molar-refractivity contribution in [1.82, 2.24) is 0 Å². The Balaban J connectivity index is 3.03. The highest BCUT2D eigenvalue weighted by molar-refractivity contribution is 5.49. The van der Waals surface area contributed by atoms with Gasteiger partial charge in [-0.25, -0.2) is 0 Å². The van der Waals surface area contributed by atoms with Crippen molar-refractivity contribution in [3.63, 3.8) is 0 Å². The molecule has 0 fully saturated rings. The van der Waals surface area contributed by atoms with Crippen molar-refractivity contribution in [3.8, 4) is 5.75 Å². The van der Waals surface area contributed by atoms with Crippen molar-refractivity contribution in [2.75, 3.05) is 0 Å². The number of aryl methyl sites for hydroxylation is 1. The highest BCUT2D eigenvalue weighted by atomic mass is 16.3. The molecule has 1 rings (SSSR count). The first-order valence-electron chi connectivity index (χ1n) is 9.98. The van der Waals surface area contributed by atoms with Crippen LogP contribution in [0.25, 0.3) is 0 Å². The van der Waals surface area contributed by atoms with Gasteiger partial charge in [-0.3, -0.25) is 0 Å². The molecule has 0 radical (unpaired) electrons. The summed E-state index contributed by atoms with van der Waals surface area (Å²) in [5.74, 6) is 0.516. The monoisotopic (exact) mass is 318 g/mol. The second-order valence-electron chi connectivity index (χ2n) is 7.01. The summed E-state index contributed by atoms with van der Waals surface area (Å²) >= 11 is 0. The fourth-order valence-corrected chi connectivity index (χ4v) is 3.48. The van der Waals surface area contributed by atoms with Crippen LogP contribution in [0.2, 0.25) is 0 Å². The summed E-state index contributed by atoms with van der Waals surface area (Å²) in [6, 6.07) is 2.07. The van der Waals surface area contributed by atoms with E-state index < -0.39 is 0 Å². The predicted octanol–water partition coefficient (Wildman–Crippen LogP) is 6.90. The number of phenolic OH excluding ortho intramolecular Hbond substituents is 1. The highest BCUT2D eigenvalue weighted by Gasteiger charge is 2.14. The summed E-state index contributed by atoms with van der Waals surface area (Å²) in [6.45, 7) is 8.89. The smallest absolute Gasteiger partial charge is 0.119 e. The molecule has 0 heterocycles. The Morgan fingerprint density at radius 3 is 1.70 bits per heavy atom. The summed E-state index contributed by atoms with van der Waals surface area (Å²) in [7, 11) is 0. The first-order chi connectivity index (χ1) is 11.2. The van der Waals surface area contributed by atoms with E-state index in [-0.39, 0.29) is 0 Å². The first-order valence-corrected chi connectivity index (χ1v) is 9.98. The van der Waals surface area contributed by atoms with Gasteiger partial charge in [0.25, 0.3) is 0 Å². The number of rotatable bonds is 12. The average Bonchev–Trinajstić information content (AvgIpc) is 2.54. The van der Waals surface area contributed by atoms with Crippen molar-refractivity contribution in [3.05, 3.63) is 28.3 Å². The minimum atomic E-state index is 0.516. The topological polar surface area (TPSA) is 20.2 Å². The molecule has 0 aliphatic rings. The Morgan fingerprint density at radius 2 is 1.17 bits per heavy atom. The molecule has 1 heteroatoms. The fraction of sp³-hybridized carbons (Fsp3) is 0.727. The minimum Gasteiger partial charge on any atom is -0.508 e. The molecule has 1 nitrogen and oxygen atoms in total. The summed E-state index contributed by atoms with van der Waals surface area (Å²) < 4.78 is 0. The Kier molecular flexibility index (Phi) is 10.1. The van der Waals surface area contributed by atoms with E-state index in [1.807, 2.05) is 0 Å². The Hall–Kier alpha value is -0.980. The average molecular weight is 319 g/mol. The molecule has 0 aliphatic heterocycles. The van der Waals surface area contributed by atoms with Crippen molar-refractivity contribution >= 4 is 0 Å². The normalized spacial score (nSPS) is 11.1. The molecule has 23 heavy (non-hydrogen) atoms. The van der Waals surface area contributed by atoms with E-state index in [1.54, 1.807) is 5.56 Å². The lowest BCUT2D eigenvalue weighted by atomic mass is 9.87. The Bertz CT molecular complexity index is 448. The van der Waals surface area contributed by atoms with Gasteiger partial charge >= 0.3 is 0 Å². The van der Waals surface area contributed by atoms with Crippen molar-refractivity contribution < 1.29 is 5.11 Å². The molecular weight excluding hydrogens is 280 g/mol. The van der Waals surface area contributed by atoms with Crippen LogP contribution >= 0.6 is 0 Å². The second-order valence-corrected chi connectivity index (χ2v) is 7.01. The van der Waals surface area contributed by atoms with Gasteiger partial charge in [-0.05, 0) is 73.8 Å². The van der Waals surface area contributed by atoms with Gasteiger partial charge in [0.2, 0.25) is 0 Å². The minimum absolute atomic E-state index is 0.516. The summed E-state index contributed by atoms with van der Waals surface area (Å²) in [5, 5.41) is 10.4. The van der Waals surface area contributed by atoms with Crippen molar-refractivity contribution in [1.29, 1.82) is 0 Å². The number of unbranched alkanes of at least 4 members (excludes halogenated alkanes) is 6. The summed E-state index contributed by atoms with van der Waals surface area (Å²) in [5.41, 5.74) is 5.58. The zero-order valence-corrected chi connectivity index (χ0v) is 16.0. The van der Waals surface area contributed by atoms with Gasteiger partial charge < -0.3 is 5.11 Å². The second kappa shape index (κ2) is 11.5. The highest BCUT2D eigenvalue weighted by Crippen LogP contribution is 2.31. The molecule has 0 unspecified atom stereocenters. The number of hydrogen-bond donors (Lipinski definition) is 1. The molecule has 0 aromatic heterocycles. The van der Waals surface area contributed by atoms with Gasteiger partial charge in [-0.1, -0.05) is 59.3 Å². The van der Waals surface area contributed by atoms with E-state index in [1.165, 1.54) is 75.3 Å². The maximum absolute atomic E-state index is 10.4. The standard InChI is InChI=1S/C22H38O/c1-5-8-11-14-19-17-22(23)18(4)20(15-12-9-6-2)21(19)16-13-10-7-3/h17,23H,5-16H2,1-4H3. The largest absolute Gasteiger partial charge is 0.508 e. The number of phenols is 1. The third kappa shape index (κ3) is 6.57. The SMILES string of the molecule is CCCCCc1cc(O)c(C)c(CCCCC)c1CCCCC. The number of hydrogen-bond acceptors (Lipinski definition) is 1. The van der Waals surface area contributed by atoms with Gasteiger partial charge in [0.05, 0.1) is 0 Å². The molecule has 1 N–H and O–H groups in total. The van der Waals surface area contributed by atoms with E-state index in [0.717, 1.165) is 18.4 Å². The van der Waals surface area contributed by atoms with Gasteiger partial charge in [-0.2, -0.15) is 0 Å². The molecule has 1 aromatic rings. The van der Waals surface area contributed by atoms with Crippen LogP contribution in [0, 0.1) is 6.92 Å². The van der Waals surface area contributed by atoms with Gasteiger partial charge in [-0.15, -0.1) is 0 Å². The Labute approximate surface area is 144 Å². The molecule has 0 bridgehead atoms. The summed E-state index contributed by atoms with van der Waals surface area (Å²) in [6.07, 6.45) is 14.9. The third-order valence-electron chi connectivity index (χ3n) is 5.01. The van der Waals surface area contributed by atoms with Gasteiger partial charge in [0, 0.05) is 0 Å². The van der Waals surface area contributed by atoms with Crippen LogP contribution in [0.1, 0.15) is 101 Å². The maximum Gasteiger partial charge on any atom is 0.119 e. The molecule has 0 saturated heterocycles. The van der Waals surface area contributed by atoms with E-state index in [2.05, 4.69) is 33.8 Å². The van der Waals surface area contributed by atoms with E-state index in [0.29, 0.717) is 5.75 Å². The van der Waals surface area contributed by atoms with Crippen LogP contribution in [0.3, 0.4) is 0 Å². The maximum atomic E-state index is 10.4. The molecule has 0 amide bonds. The lowest BCUT2D eigenvalue weighted by Gasteiger charge is -2.19. The zero-order valence-electron chi connectivity index (χ0n) is 16.0. The summed E-state index contributed by atoms with van der Waals surface area (Å²) in [4.78, 5) is 0. The molecule has 0 atom stereocenters. The zero-order chi connectivity index (χ0) is 17.1. The van der Waals surface area contributed by atoms with Crippen LogP contribution < -0.4 is 0 Å². The number of aromatic hydroxyl groups is 1. The quantitative estimate of drug-likeness (QED) is 0.416. The van der Waals surface area contributed by atoms with Crippen LogP contribution in [0.15, 0.2) is 6.07 Å². The molecule has 0 spiro atoms. The van der Waals surface area contributed by atoms with Crippen molar-refractivity contribution in [2.45, 2.75) is 105 Å². The lowest BCUT2D eigenvalue weighted by Crippen LogP contribution is -2.05. The molecule has 132 valence electrons. The molecule has 1 aromatic carbocycles. The molecule has 0 saturated carbocycles. The van der Waals surface area contributed by atoms with Crippen LogP contribution in [0.4, 0.5) is 0 Å². The predicted molar refractivity (Wildman–Crippen MR) is 103 cm³/mol. The first kappa shape index (κ1) is 20.1. The van der Waals surface area contributed by atoms with Gasteiger partial charge in [0.15, 0.2) is 0 Å². The van der Waals surface area contributed by atoms with Gasteiger partial charge in [0.1, 0.15) is 5.75 Å². The van der Waals surface area contributed by atoms with Crippen LogP contribution in [0.5, 0.6) is 5.75 Å². The van der Waals surface area contributed by atoms with Crippen LogP contribution in [-0.4, -0.2) is 5.11 Å². The fourth-order valence-electron chi connectivity index (χ4n) is 3.48. The van der Waals surface area contributed by atoms with Crippen molar-refractivity contribution in [2.24, 2.45) is 0 Å².